The van der Waals surface area contributed by atoms with Gasteiger partial charge in [0.2, 0.25) is 0 Å². The molecule has 2 rings (SSSR count). The molecule has 0 unspecified atom stereocenters. The number of nitrogens with zero attached hydrogens (tertiary/aromatic N) is 2. The van der Waals surface area contributed by atoms with Crippen LogP contribution in [0.2, 0.25) is 0 Å². The Balaban J connectivity index is 2.31. The molecule has 6 nitrogen and oxygen atoms in total. The molecule has 0 fully saturated rings. The van der Waals surface area contributed by atoms with Crippen LogP contribution in [0.3, 0.4) is 0 Å². The zero-order valence-electron chi connectivity index (χ0n) is 10.8. The van der Waals surface area contributed by atoms with E-state index in [1.165, 1.54) is 10.9 Å². The summed E-state index contributed by atoms with van der Waals surface area (Å²) in [5.74, 6) is 0.00135. The number of nitrogens with two attached hydrogens (primary N) is 1. The Morgan fingerprint density at radius 3 is 2.47 bits per heavy atom. The summed E-state index contributed by atoms with van der Waals surface area (Å²) in [7, 11) is -3.70. The lowest BCUT2D eigenvalue weighted by Crippen LogP contribution is -2.13. The minimum absolute atomic E-state index is 0.00135. The van der Waals surface area contributed by atoms with E-state index in [1.807, 2.05) is 26.0 Å². The third-order valence-electron chi connectivity index (χ3n) is 2.67. The molecular formula is C12H16N4O2S. The first-order valence-corrected chi connectivity index (χ1v) is 7.33. The molecule has 0 aliphatic rings. The van der Waals surface area contributed by atoms with Gasteiger partial charge in [-0.15, -0.1) is 0 Å². The van der Waals surface area contributed by atoms with Crippen molar-refractivity contribution in [3.63, 3.8) is 0 Å². The van der Waals surface area contributed by atoms with E-state index in [9.17, 15) is 8.42 Å². The number of hydrogen-bond acceptors (Lipinski definition) is 4. The molecule has 102 valence electrons. The minimum atomic E-state index is -3.70. The lowest BCUT2D eigenvalue weighted by molar-refractivity contribution is 0.600. The van der Waals surface area contributed by atoms with Crippen LogP contribution in [0.4, 0.5) is 11.5 Å². The van der Waals surface area contributed by atoms with Gasteiger partial charge in [0.25, 0.3) is 10.0 Å². The lowest BCUT2D eigenvalue weighted by atomic mass is 10.2. The van der Waals surface area contributed by atoms with Gasteiger partial charge in [-0.3, -0.25) is 9.40 Å². The van der Waals surface area contributed by atoms with Crippen LogP contribution in [-0.4, -0.2) is 18.2 Å². The van der Waals surface area contributed by atoms with E-state index in [2.05, 4.69) is 9.82 Å². The average molecular weight is 280 g/mol. The number of nitrogen functional groups attached to an aromatic ring is 1. The maximum absolute atomic E-state index is 12.2. The van der Waals surface area contributed by atoms with Gasteiger partial charge < -0.3 is 5.73 Å². The van der Waals surface area contributed by atoms with Crippen LogP contribution >= 0.6 is 0 Å². The van der Waals surface area contributed by atoms with Crippen molar-refractivity contribution >= 4 is 21.5 Å². The van der Waals surface area contributed by atoms with E-state index in [-0.39, 0.29) is 10.7 Å². The largest absolute Gasteiger partial charge is 0.381 e. The molecule has 7 heteroatoms. The number of aromatic nitrogens is 2. The van der Waals surface area contributed by atoms with Crippen LogP contribution in [0.5, 0.6) is 0 Å². The first kappa shape index (κ1) is 13.4. The van der Waals surface area contributed by atoms with Gasteiger partial charge in [0.1, 0.15) is 4.90 Å². The van der Waals surface area contributed by atoms with E-state index in [4.69, 9.17) is 5.73 Å². The van der Waals surface area contributed by atoms with Gasteiger partial charge in [0.05, 0.1) is 0 Å². The molecule has 0 radical (unpaired) electrons. The van der Waals surface area contributed by atoms with E-state index in [0.717, 1.165) is 5.56 Å². The summed E-state index contributed by atoms with van der Waals surface area (Å²) >= 11 is 0. The second kappa shape index (κ2) is 4.93. The molecule has 1 aromatic heterocycles. The summed E-state index contributed by atoms with van der Waals surface area (Å²) < 4.78 is 28.3. The summed E-state index contributed by atoms with van der Waals surface area (Å²) in [4.78, 5) is -0.00470. The maximum atomic E-state index is 12.2. The van der Waals surface area contributed by atoms with Crippen LogP contribution in [-0.2, 0) is 16.6 Å². The SMILES string of the molecule is CCn1cc(S(=O)(=O)Nc2ccc(C)cc2)c(N)n1. The number of hydrogen-bond donors (Lipinski definition) is 2. The normalized spacial score (nSPS) is 11.5. The zero-order chi connectivity index (χ0) is 14.0. The quantitative estimate of drug-likeness (QED) is 0.890. The van der Waals surface area contributed by atoms with Gasteiger partial charge in [-0.25, -0.2) is 8.42 Å². The molecule has 3 N–H and O–H groups in total. The zero-order valence-corrected chi connectivity index (χ0v) is 11.6. The lowest BCUT2D eigenvalue weighted by Gasteiger charge is -2.06. The smallest absolute Gasteiger partial charge is 0.267 e. The molecular weight excluding hydrogens is 264 g/mol. The van der Waals surface area contributed by atoms with Crippen molar-refractivity contribution in [2.45, 2.75) is 25.3 Å². The summed E-state index contributed by atoms with van der Waals surface area (Å²) in [6, 6.07) is 7.06. The van der Waals surface area contributed by atoms with E-state index < -0.39 is 10.0 Å². The molecule has 0 saturated heterocycles. The van der Waals surface area contributed by atoms with Crippen molar-refractivity contribution in [1.82, 2.24) is 9.78 Å². The van der Waals surface area contributed by atoms with Crippen molar-refractivity contribution in [1.29, 1.82) is 0 Å². The van der Waals surface area contributed by atoms with E-state index in [0.29, 0.717) is 12.2 Å². The number of aryl methyl sites for hydroxylation is 2. The second-order valence-electron chi connectivity index (χ2n) is 4.21. The highest BCUT2D eigenvalue weighted by atomic mass is 32.2. The van der Waals surface area contributed by atoms with Crippen LogP contribution in [0.15, 0.2) is 35.4 Å². The molecule has 0 atom stereocenters. The Bertz CT molecular complexity index is 674. The first-order chi connectivity index (χ1) is 8.92. The van der Waals surface area contributed by atoms with E-state index >= 15 is 0 Å². The maximum Gasteiger partial charge on any atom is 0.267 e. The van der Waals surface area contributed by atoms with Crippen LogP contribution in [0.25, 0.3) is 0 Å². The van der Waals surface area contributed by atoms with Gasteiger partial charge in [-0.05, 0) is 26.0 Å². The fourth-order valence-electron chi connectivity index (χ4n) is 1.62. The van der Waals surface area contributed by atoms with Gasteiger partial charge in [0, 0.05) is 18.4 Å². The summed E-state index contributed by atoms with van der Waals surface area (Å²) in [6.07, 6.45) is 1.42. The highest BCUT2D eigenvalue weighted by Gasteiger charge is 2.20. The van der Waals surface area contributed by atoms with Crippen molar-refractivity contribution in [3.05, 3.63) is 36.0 Å². The highest BCUT2D eigenvalue weighted by molar-refractivity contribution is 7.92. The Labute approximate surface area is 112 Å². The van der Waals surface area contributed by atoms with Crippen molar-refractivity contribution in [2.75, 3.05) is 10.5 Å². The topological polar surface area (TPSA) is 90.0 Å². The van der Waals surface area contributed by atoms with Gasteiger partial charge >= 0.3 is 0 Å². The van der Waals surface area contributed by atoms with Crippen LogP contribution < -0.4 is 10.5 Å². The van der Waals surface area contributed by atoms with Crippen molar-refractivity contribution in [3.8, 4) is 0 Å². The number of anilines is 2. The third-order valence-corrected chi connectivity index (χ3v) is 4.07. The first-order valence-electron chi connectivity index (χ1n) is 5.85. The molecule has 0 aliphatic heterocycles. The summed E-state index contributed by atoms with van der Waals surface area (Å²) in [5, 5.41) is 3.93. The predicted octanol–water partition coefficient (Wildman–Crippen LogP) is 1.59. The molecule has 0 spiro atoms. The molecule has 1 heterocycles. The second-order valence-corrected chi connectivity index (χ2v) is 5.86. The van der Waals surface area contributed by atoms with Crippen LogP contribution in [0.1, 0.15) is 12.5 Å². The molecule has 0 bridgehead atoms. The molecule has 0 saturated carbocycles. The molecule has 19 heavy (non-hydrogen) atoms. The van der Waals surface area contributed by atoms with Crippen molar-refractivity contribution < 1.29 is 8.42 Å². The number of sulfonamides is 1. The number of nitrogens with one attached hydrogen (secondary N) is 1. The van der Waals surface area contributed by atoms with Gasteiger partial charge in [-0.1, -0.05) is 17.7 Å². The van der Waals surface area contributed by atoms with Crippen molar-refractivity contribution in [2.24, 2.45) is 0 Å². The Morgan fingerprint density at radius 2 is 1.95 bits per heavy atom. The predicted molar refractivity (Wildman–Crippen MR) is 74.3 cm³/mol. The molecule has 0 amide bonds. The fraction of sp³-hybridized carbons (Fsp3) is 0.250. The standard InChI is InChI=1S/C12H16N4O2S/c1-3-16-8-11(12(13)14-16)19(17,18)15-10-6-4-9(2)5-7-10/h4-8,15H,3H2,1-2H3,(H2,13,14). The molecule has 1 aromatic carbocycles. The highest BCUT2D eigenvalue weighted by Crippen LogP contribution is 2.20. The van der Waals surface area contributed by atoms with Gasteiger partial charge in [-0.2, -0.15) is 5.10 Å². The number of benzene rings is 1. The number of rotatable bonds is 4. The summed E-state index contributed by atoms with van der Waals surface area (Å²) in [5.41, 5.74) is 7.18. The third kappa shape index (κ3) is 2.87. The Kier molecular flexibility index (Phi) is 3.48. The van der Waals surface area contributed by atoms with Crippen LogP contribution in [0, 0.1) is 6.92 Å². The Morgan fingerprint density at radius 1 is 1.32 bits per heavy atom. The average Bonchev–Trinajstić information content (AvgIpc) is 2.74. The minimum Gasteiger partial charge on any atom is -0.381 e. The van der Waals surface area contributed by atoms with E-state index in [1.54, 1.807) is 12.1 Å². The van der Waals surface area contributed by atoms with Gasteiger partial charge in [0.15, 0.2) is 5.82 Å². The molecule has 2 aromatic rings. The Hall–Kier alpha value is -2.02. The summed E-state index contributed by atoms with van der Waals surface area (Å²) in [6.45, 7) is 4.35. The molecule has 0 aliphatic carbocycles. The monoisotopic (exact) mass is 280 g/mol. The fourth-order valence-corrected chi connectivity index (χ4v) is 2.75.